The molecule has 0 rings (SSSR count). The Labute approximate surface area is 46.5 Å². The lowest BCUT2D eigenvalue weighted by molar-refractivity contribution is 1.87. The van der Waals surface area contributed by atoms with Crippen molar-refractivity contribution in [3.8, 4) is 0 Å². The van der Waals surface area contributed by atoms with Crippen molar-refractivity contribution in [2.24, 2.45) is 0 Å². The Balaban J connectivity index is 3.02. The molecule has 2 heteroatoms. The minimum atomic E-state index is -0.583. The van der Waals surface area contributed by atoms with Crippen LogP contribution in [-0.2, 0) is 0 Å². The van der Waals surface area contributed by atoms with Crippen LogP contribution in [0.4, 0.5) is 0 Å². The molecule has 27 valence electrons. The van der Waals surface area contributed by atoms with Crippen LogP contribution in [0.5, 0.6) is 0 Å². The summed E-state index contributed by atoms with van der Waals surface area (Å²) in [4.78, 5) is 0. The largest absolute Gasteiger partial charge is 0.219 e. The third-order valence-corrected chi connectivity index (χ3v) is 0. The third kappa shape index (κ3) is 45.9. The topological polar surface area (TPSA) is 0 Å². The second-order valence-corrected chi connectivity index (χ2v) is 14.0. The Hall–Kier alpha value is 0.983. The van der Waals surface area contributed by atoms with Gasteiger partial charge in [0.25, 0.3) is 0 Å². The van der Waals surface area contributed by atoms with Gasteiger partial charge in [-0.15, -0.1) is 5.72 Å². The van der Waals surface area contributed by atoms with E-state index in [1.54, 1.807) is 0 Å². The summed E-state index contributed by atoms with van der Waals surface area (Å²) in [6, 6.07) is 0. The van der Waals surface area contributed by atoms with Gasteiger partial charge in [-0.05, 0) is 0 Å². The van der Waals surface area contributed by atoms with E-state index >= 15 is 0 Å². The molecule has 0 aromatic heterocycles. The van der Waals surface area contributed by atoms with Crippen molar-refractivity contribution in [3.63, 3.8) is 0 Å². The number of hydrogen-bond donors (Lipinski definition) is 0. The van der Waals surface area contributed by atoms with E-state index in [0.717, 1.165) is 0 Å². The van der Waals surface area contributed by atoms with Crippen molar-refractivity contribution in [1.82, 2.24) is 0 Å². The summed E-state index contributed by atoms with van der Waals surface area (Å²) in [7, 11) is 0. The molecule has 0 fully saturated rings. The zero-order chi connectivity index (χ0) is 4.50. The predicted molar refractivity (Wildman–Crippen MR) is 29.1 cm³/mol. The van der Waals surface area contributed by atoms with E-state index < -0.39 is 5.72 Å². The summed E-state index contributed by atoms with van der Waals surface area (Å²) >= 11 is 2.15. The average molecular weight is 97.5 g/mol. The fourth-order valence-corrected chi connectivity index (χ4v) is 0. The molecule has 5 heavy (non-hydrogen) atoms. The number of rotatable bonds is 0. The van der Waals surface area contributed by atoms with Crippen molar-refractivity contribution in [2.75, 3.05) is 0 Å². The zero-order valence-electron chi connectivity index (χ0n) is 4.21. The van der Waals surface area contributed by atoms with Crippen LogP contribution in [0.1, 0.15) is 0 Å². The Bertz CT molecular complexity index is 22.4. The van der Waals surface area contributed by atoms with E-state index in [4.69, 9.17) is 0 Å². The first kappa shape index (κ1) is 5.98. The first-order valence-corrected chi connectivity index (χ1v) is 7.68. The molecule has 0 spiro atoms. The fourth-order valence-electron chi connectivity index (χ4n) is 0. The average Bonchev–Trinajstić information content (AvgIpc) is 0.722. The van der Waals surface area contributed by atoms with Gasteiger partial charge < -0.3 is 0 Å². The van der Waals surface area contributed by atoms with Crippen LogP contribution in [0.2, 0.25) is 19.6 Å². The zero-order valence-corrected chi connectivity index (χ0v) is 6.62. The molecule has 0 bridgehead atoms. The summed E-state index contributed by atoms with van der Waals surface area (Å²) in [5.41, 5.74) is -0.583. The van der Waals surface area contributed by atoms with E-state index in [-0.39, 0.29) is 0 Å². The Kier molecular flexibility index (Phi) is 1.94. The van der Waals surface area contributed by atoms with Gasteiger partial charge in [0.15, 0.2) is 0 Å². The summed E-state index contributed by atoms with van der Waals surface area (Å²) in [5.74, 6) is 0. The van der Waals surface area contributed by atoms with E-state index in [9.17, 15) is 0 Å². The van der Waals surface area contributed by atoms with Crippen molar-refractivity contribution in [2.45, 2.75) is 19.6 Å². The van der Waals surface area contributed by atoms with Crippen LogP contribution in [0.15, 0.2) is 0 Å². The molecular weight excluding hydrogens is 88.4 g/mol. The Morgan fingerprint density at radius 1 is 1.20 bits per heavy atom. The molecule has 1 radical (unpaired) electrons. The van der Waals surface area contributed by atoms with Crippen LogP contribution in [0, 0.1) is 0 Å². The summed E-state index contributed by atoms with van der Waals surface area (Å²) in [5, 5.41) is 0. The molecule has 0 N–H and O–H groups in total. The lowest BCUT2D eigenvalue weighted by Gasteiger charge is -2.06. The molecular formula is C3H9MgSi. The van der Waals surface area contributed by atoms with Gasteiger partial charge in [-0.1, -0.05) is 19.6 Å². The highest BCUT2D eigenvalue weighted by molar-refractivity contribution is 7.15. The molecule has 0 atom stereocenters. The maximum absolute atomic E-state index is 2.34. The quantitative estimate of drug-likeness (QED) is 0.396. The van der Waals surface area contributed by atoms with E-state index in [1.165, 1.54) is 0 Å². The van der Waals surface area contributed by atoms with Gasteiger partial charge in [-0.25, -0.2) is 0 Å². The number of hydrogen-bond acceptors (Lipinski definition) is 0. The van der Waals surface area contributed by atoms with E-state index in [2.05, 4.69) is 40.6 Å². The lowest BCUT2D eigenvalue weighted by Crippen LogP contribution is -2.18. The van der Waals surface area contributed by atoms with Crippen molar-refractivity contribution < 1.29 is 0 Å². The molecule has 0 aliphatic heterocycles. The smallest absolute Gasteiger partial charge is 0.102 e. The normalized spacial score (nSPS) is 11.6. The van der Waals surface area contributed by atoms with Gasteiger partial charge in [0.1, 0.15) is 0 Å². The van der Waals surface area contributed by atoms with Crippen LogP contribution >= 0.6 is 0 Å². The van der Waals surface area contributed by atoms with Gasteiger partial charge >= 0.3 is 0 Å². The molecule has 0 aromatic rings. The molecule has 0 amide bonds. The molecule has 0 saturated carbocycles. The summed E-state index contributed by atoms with van der Waals surface area (Å²) < 4.78 is 0. The standard InChI is InChI=1S/C3H9Si.Mg/c1-4(2)3;/h1-3H3;. The maximum atomic E-state index is 2.34. The highest BCUT2D eigenvalue weighted by atomic mass is 28.5. The van der Waals surface area contributed by atoms with Gasteiger partial charge in [0, 0.05) is 0 Å². The molecule has 0 heterocycles. The van der Waals surface area contributed by atoms with Gasteiger partial charge in [-0.3, -0.25) is 0 Å². The van der Waals surface area contributed by atoms with Gasteiger partial charge in [-0.2, -0.15) is 0 Å². The Morgan fingerprint density at radius 3 is 1.20 bits per heavy atom. The van der Waals surface area contributed by atoms with Crippen LogP contribution < -0.4 is 0 Å². The molecule has 0 nitrogen and oxygen atoms in total. The predicted octanol–water partition coefficient (Wildman–Crippen LogP) is 0.990. The SMILES string of the molecule is C[Si](C)(C)[Mg]. The first-order chi connectivity index (χ1) is 2.00. The van der Waals surface area contributed by atoms with Crippen molar-refractivity contribution in [1.29, 1.82) is 0 Å². The Morgan fingerprint density at radius 2 is 1.20 bits per heavy atom. The van der Waals surface area contributed by atoms with Crippen molar-refractivity contribution in [3.05, 3.63) is 0 Å². The van der Waals surface area contributed by atoms with Gasteiger partial charge in [0.05, 0.1) is 0 Å². The minimum absolute atomic E-state index is 0.583. The van der Waals surface area contributed by atoms with Crippen molar-refractivity contribution >= 4 is 26.7 Å². The lowest BCUT2D eigenvalue weighted by atomic mass is 11.8. The second-order valence-electron chi connectivity index (χ2n) is 2.56. The third-order valence-electron chi connectivity index (χ3n) is 0. The maximum Gasteiger partial charge on any atom is 0.219 e. The first-order valence-electron chi connectivity index (χ1n) is 1.85. The summed E-state index contributed by atoms with van der Waals surface area (Å²) in [6.45, 7) is 7.02. The van der Waals surface area contributed by atoms with Crippen LogP contribution in [-0.4, -0.2) is 26.7 Å². The summed E-state index contributed by atoms with van der Waals surface area (Å²) in [6.07, 6.45) is 0. The van der Waals surface area contributed by atoms with E-state index in [0.29, 0.717) is 0 Å². The van der Waals surface area contributed by atoms with Gasteiger partial charge in [0.2, 0.25) is 20.9 Å². The molecule has 0 aromatic carbocycles. The minimum Gasteiger partial charge on any atom is -0.102 e. The molecule has 0 unspecified atom stereocenters. The fraction of sp³-hybridized carbons (Fsp3) is 1.00. The monoisotopic (exact) mass is 97.0 g/mol. The molecule has 0 saturated heterocycles. The highest BCUT2D eigenvalue weighted by Crippen LogP contribution is 1.87. The second kappa shape index (κ2) is 1.62. The van der Waals surface area contributed by atoms with E-state index in [1.807, 2.05) is 0 Å². The molecule has 0 aliphatic rings. The van der Waals surface area contributed by atoms with Crippen LogP contribution in [0.25, 0.3) is 0 Å². The molecule has 0 aliphatic carbocycles. The highest BCUT2D eigenvalue weighted by Gasteiger charge is 1.95. The van der Waals surface area contributed by atoms with Crippen LogP contribution in [0.3, 0.4) is 0 Å².